The van der Waals surface area contributed by atoms with E-state index in [1.807, 2.05) is 54.1 Å². The molecule has 180 valence electrons. The summed E-state index contributed by atoms with van der Waals surface area (Å²) in [4.78, 5) is 28.3. The van der Waals surface area contributed by atoms with Crippen molar-refractivity contribution < 1.29 is 19.1 Å². The summed E-state index contributed by atoms with van der Waals surface area (Å²) >= 11 is 1.03. The van der Waals surface area contributed by atoms with Gasteiger partial charge in [-0.15, -0.1) is 0 Å². The molecule has 1 N–H and O–H groups in total. The summed E-state index contributed by atoms with van der Waals surface area (Å²) in [5, 5.41) is 11.0. The van der Waals surface area contributed by atoms with Crippen LogP contribution in [0.15, 0.2) is 66.7 Å². The molecule has 4 aromatic rings. The summed E-state index contributed by atoms with van der Waals surface area (Å²) in [6, 6.07) is 22.2. The Labute approximate surface area is 211 Å². The van der Waals surface area contributed by atoms with Crippen LogP contribution >= 0.6 is 11.8 Å². The zero-order valence-electron chi connectivity index (χ0n) is 19.6. The van der Waals surface area contributed by atoms with Crippen molar-refractivity contribution in [3.05, 3.63) is 83.7 Å². The molecule has 1 aliphatic heterocycles. The lowest BCUT2D eigenvalue weighted by atomic mass is 9.99. The van der Waals surface area contributed by atoms with Crippen molar-refractivity contribution in [2.75, 3.05) is 0 Å². The highest BCUT2D eigenvalue weighted by Crippen LogP contribution is 2.35. The molecule has 1 saturated heterocycles. The molecular weight excluding hydrogens is 476 g/mol. The van der Waals surface area contributed by atoms with Crippen LogP contribution in [0.1, 0.15) is 23.9 Å². The van der Waals surface area contributed by atoms with Gasteiger partial charge in [0, 0.05) is 13.1 Å². The number of hydrogen-bond acceptors (Lipinski definition) is 7. The molecule has 0 saturated carbocycles. The van der Waals surface area contributed by atoms with E-state index >= 15 is 0 Å². The van der Waals surface area contributed by atoms with Gasteiger partial charge in [0.25, 0.3) is 5.24 Å². The molecule has 1 fully saturated rings. The lowest BCUT2D eigenvalue weighted by Gasteiger charge is -2.18. The van der Waals surface area contributed by atoms with E-state index in [0.29, 0.717) is 29.2 Å². The second kappa shape index (κ2) is 9.40. The third-order valence-corrected chi connectivity index (χ3v) is 7.08. The van der Waals surface area contributed by atoms with Crippen LogP contribution in [0.4, 0.5) is 4.79 Å². The lowest BCUT2D eigenvalue weighted by Crippen LogP contribution is -2.35. The van der Waals surface area contributed by atoms with Crippen molar-refractivity contribution in [3.8, 4) is 23.3 Å². The van der Waals surface area contributed by atoms with Crippen molar-refractivity contribution in [2.24, 2.45) is 7.05 Å². The normalized spacial score (nSPS) is 17.1. The number of aryl methyl sites for hydroxylation is 1. The number of hydrogen-bond donors (Lipinski definition) is 1. The van der Waals surface area contributed by atoms with Gasteiger partial charge in [-0.1, -0.05) is 12.1 Å². The van der Waals surface area contributed by atoms with Crippen LogP contribution in [0, 0.1) is 11.3 Å². The van der Waals surface area contributed by atoms with E-state index in [9.17, 15) is 9.59 Å². The van der Waals surface area contributed by atoms with Crippen LogP contribution in [-0.2, 0) is 24.9 Å². The molecule has 1 atom stereocenters. The number of amides is 2. The van der Waals surface area contributed by atoms with E-state index in [1.165, 1.54) is 0 Å². The highest BCUT2D eigenvalue weighted by atomic mass is 32.2. The number of fused-ring (bicyclic) bond motifs is 1. The topological polar surface area (TPSA) is 106 Å². The molecule has 36 heavy (non-hydrogen) atoms. The van der Waals surface area contributed by atoms with Gasteiger partial charge < -0.3 is 14.0 Å². The number of rotatable bonds is 7. The first-order chi connectivity index (χ1) is 17.3. The van der Waals surface area contributed by atoms with Gasteiger partial charge in [-0.3, -0.25) is 14.9 Å². The first kappa shape index (κ1) is 23.5. The van der Waals surface area contributed by atoms with Crippen molar-refractivity contribution in [3.63, 3.8) is 0 Å². The quantitative estimate of drug-likeness (QED) is 0.378. The number of thioether (sulfide) groups is 1. The molecule has 5 rings (SSSR count). The summed E-state index contributed by atoms with van der Waals surface area (Å²) in [6.45, 7) is 2.05. The third kappa shape index (κ3) is 4.76. The molecule has 8 nitrogen and oxygen atoms in total. The SMILES string of the molecule is Cn1c(COc2ccc(CC3(C)SC(=O)NC3=O)cc2)nc2ccc(Oc3ccc(C#N)cc3)cc21. The van der Waals surface area contributed by atoms with Gasteiger partial charge in [-0.05, 0) is 79.2 Å². The first-order valence-corrected chi connectivity index (χ1v) is 12.0. The Morgan fingerprint density at radius 1 is 1.03 bits per heavy atom. The largest absolute Gasteiger partial charge is 0.486 e. The van der Waals surface area contributed by atoms with Gasteiger partial charge in [0.2, 0.25) is 5.91 Å². The van der Waals surface area contributed by atoms with Crippen LogP contribution in [0.3, 0.4) is 0 Å². The number of nitrogens with zero attached hydrogens (tertiary/aromatic N) is 3. The minimum absolute atomic E-state index is 0.259. The number of aromatic nitrogens is 2. The number of carbonyl (C=O) groups excluding carboxylic acids is 2. The van der Waals surface area contributed by atoms with E-state index in [-0.39, 0.29) is 17.8 Å². The van der Waals surface area contributed by atoms with Crippen molar-refractivity contribution >= 4 is 33.9 Å². The molecule has 1 aliphatic rings. The molecule has 0 radical (unpaired) electrons. The Balaban J connectivity index is 1.24. The molecule has 0 spiro atoms. The van der Waals surface area contributed by atoms with E-state index in [2.05, 4.69) is 16.4 Å². The number of benzene rings is 3. The van der Waals surface area contributed by atoms with Crippen LogP contribution in [0.2, 0.25) is 0 Å². The van der Waals surface area contributed by atoms with E-state index < -0.39 is 4.75 Å². The van der Waals surface area contributed by atoms with Gasteiger partial charge >= 0.3 is 0 Å². The number of nitrogens with one attached hydrogen (secondary N) is 1. The maximum Gasteiger partial charge on any atom is 0.286 e. The van der Waals surface area contributed by atoms with Crippen molar-refractivity contribution in [1.29, 1.82) is 5.26 Å². The van der Waals surface area contributed by atoms with Crippen molar-refractivity contribution in [2.45, 2.75) is 24.7 Å². The average Bonchev–Trinajstić information content (AvgIpc) is 3.32. The minimum Gasteiger partial charge on any atom is -0.486 e. The fraction of sp³-hybridized carbons (Fsp3) is 0.185. The van der Waals surface area contributed by atoms with E-state index in [0.717, 1.165) is 34.2 Å². The third-order valence-electron chi connectivity index (χ3n) is 6.01. The highest BCUT2D eigenvalue weighted by molar-refractivity contribution is 8.16. The Kier molecular flexibility index (Phi) is 6.12. The molecular formula is C27H22N4O4S. The zero-order chi connectivity index (χ0) is 25.3. The van der Waals surface area contributed by atoms with Crippen molar-refractivity contribution in [1.82, 2.24) is 14.9 Å². The van der Waals surface area contributed by atoms with Crippen LogP contribution in [0.25, 0.3) is 11.0 Å². The van der Waals surface area contributed by atoms with E-state index in [1.54, 1.807) is 31.2 Å². The Bertz CT molecular complexity index is 1510. The predicted molar refractivity (Wildman–Crippen MR) is 136 cm³/mol. The molecule has 3 aromatic carbocycles. The second-order valence-electron chi connectivity index (χ2n) is 8.66. The van der Waals surface area contributed by atoms with Crippen LogP contribution in [-0.4, -0.2) is 25.4 Å². The summed E-state index contributed by atoms with van der Waals surface area (Å²) in [6.07, 6.45) is 0.452. The molecule has 2 amide bonds. The zero-order valence-corrected chi connectivity index (χ0v) is 20.5. The molecule has 2 heterocycles. The maximum absolute atomic E-state index is 12.1. The summed E-state index contributed by atoms with van der Waals surface area (Å²) in [5.74, 6) is 2.50. The lowest BCUT2D eigenvalue weighted by molar-refractivity contribution is -0.121. The first-order valence-electron chi connectivity index (χ1n) is 11.2. The monoisotopic (exact) mass is 498 g/mol. The smallest absolute Gasteiger partial charge is 0.286 e. The maximum atomic E-state index is 12.1. The summed E-state index contributed by atoms with van der Waals surface area (Å²) < 4.78 is 13.1. The van der Waals surface area contributed by atoms with Crippen LogP contribution in [0.5, 0.6) is 17.2 Å². The second-order valence-corrected chi connectivity index (χ2v) is 10.1. The molecule has 1 unspecified atom stereocenters. The fourth-order valence-corrected chi connectivity index (χ4v) is 4.94. The highest BCUT2D eigenvalue weighted by Gasteiger charge is 2.43. The van der Waals surface area contributed by atoms with Crippen LogP contribution < -0.4 is 14.8 Å². The van der Waals surface area contributed by atoms with Gasteiger partial charge in [-0.2, -0.15) is 5.26 Å². The molecule has 0 bridgehead atoms. The Hall–Kier alpha value is -4.29. The van der Waals surface area contributed by atoms with Gasteiger partial charge in [-0.25, -0.2) is 4.98 Å². The predicted octanol–water partition coefficient (Wildman–Crippen LogP) is 5.10. The van der Waals surface area contributed by atoms with E-state index in [4.69, 9.17) is 14.7 Å². The summed E-state index contributed by atoms with van der Waals surface area (Å²) in [5.41, 5.74) is 3.26. The molecule has 0 aliphatic carbocycles. The molecule has 1 aromatic heterocycles. The molecule has 9 heteroatoms. The number of imidazole rings is 1. The Morgan fingerprint density at radius 2 is 1.72 bits per heavy atom. The van der Waals surface area contributed by atoms with Gasteiger partial charge in [0.15, 0.2) is 0 Å². The Morgan fingerprint density at radius 3 is 2.39 bits per heavy atom. The summed E-state index contributed by atoms with van der Waals surface area (Å²) in [7, 11) is 1.93. The number of nitriles is 1. The minimum atomic E-state index is -0.796. The number of carbonyl (C=O) groups is 2. The van der Waals surface area contributed by atoms with Gasteiger partial charge in [0.05, 0.1) is 22.7 Å². The standard InChI is InChI=1S/C27H22N4O4S/c1-27(25(32)30-26(33)36-27)14-17-3-7-19(8-4-17)34-16-24-29-22-12-11-21(13-23(22)31(24)2)35-20-9-5-18(15-28)6-10-20/h3-13H,14,16H2,1-2H3,(H,30,32,33). The number of imide groups is 1. The number of ether oxygens (including phenoxy) is 2. The van der Waals surface area contributed by atoms with Gasteiger partial charge in [0.1, 0.15) is 34.4 Å². The fourth-order valence-electron chi connectivity index (χ4n) is 4.00. The average molecular weight is 499 g/mol.